The number of alkyl halides is 3. The maximum absolute atomic E-state index is 13.3. The maximum Gasteiger partial charge on any atom is 0.389 e. The lowest BCUT2D eigenvalue weighted by molar-refractivity contribution is -0.162. The molecule has 1 saturated heterocycles. The van der Waals surface area contributed by atoms with E-state index >= 15 is 0 Å². The van der Waals surface area contributed by atoms with Crippen molar-refractivity contribution < 1.29 is 51.2 Å². The van der Waals surface area contributed by atoms with Crippen LogP contribution in [-0.4, -0.2) is 67.8 Å². The number of nitrogens with zero attached hydrogens (tertiary/aromatic N) is 1. The summed E-state index contributed by atoms with van der Waals surface area (Å²) in [5.41, 5.74) is -0.179. The van der Waals surface area contributed by atoms with Crippen LogP contribution in [0, 0.1) is 17.8 Å². The number of rotatable bonds is 14. The molecule has 1 aliphatic rings. The molecule has 2 heterocycles. The number of esters is 2. The van der Waals surface area contributed by atoms with Gasteiger partial charge in [-0.15, -0.1) is 0 Å². The summed E-state index contributed by atoms with van der Waals surface area (Å²) in [6, 6.07) is 0.447. The highest BCUT2D eigenvalue weighted by Gasteiger charge is 2.36. The van der Waals surface area contributed by atoms with Crippen molar-refractivity contribution in [1.29, 1.82) is 0 Å². The molecular formula is C30H45F3N2O8. The van der Waals surface area contributed by atoms with Crippen LogP contribution in [0.4, 0.5) is 13.2 Å². The summed E-state index contributed by atoms with van der Waals surface area (Å²) < 4.78 is 65.5. The van der Waals surface area contributed by atoms with Crippen LogP contribution >= 0.6 is 0 Å². The molecule has 0 saturated carbocycles. The summed E-state index contributed by atoms with van der Waals surface area (Å²) in [5.74, 6) is -1.82. The number of methoxy groups -OCH3 is 1. The Morgan fingerprint density at radius 3 is 2.53 bits per heavy atom. The molecular weight excluding hydrogens is 573 g/mol. The van der Waals surface area contributed by atoms with Gasteiger partial charge in [0.1, 0.15) is 12.1 Å². The van der Waals surface area contributed by atoms with Crippen molar-refractivity contribution in [1.82, 2.24) is 10.3 Å². The first-order valence-corrected chi connectivity index (χ1v) is 14.8. The Labute approximate surface area is 251 Å². The van der Waals surface area contributed by atoms with Gasteiger partial charge in [0.05, 0.1) is 19.1 Å². The molecule has 10 nitrogen and oxygen atoms in total. The molecule has 1 fully saturated rings. The summed E-state index contributed by atoms with van der Waals surface area (Å²) in [5, 5.41) is 2.67. The molecule has 0 radical (unpaired) electrons. The van der Waals surface area contributed by atoms with Crippen molar-refractivity contribution in [3.63, 3.8) is 0 Å². The first-order chi connectivity index (χ1) is 20.2. The Kier molecular flexibility index (Phi) is 14.5. The second kappa shape index (κ2) is 17.3. The smallest absolute Gasteiger partial charge is 0.389 e. The third-order valence-corrected chi connectivity index (χ3v) is 7.10. The van der Waals surface area contributed by atoms with Gasteiger partial charge in [-0.1, -0.05) is 40.5 Å². The summed E-state index contributed by atoms with van der Waals surface area (Å²) in [7, 11) is 1.37. The van der Waals surface area contributed by atoms with Crippen molar-refractivity contribution >= 4 is 17.8 Å². The highest BCUT2D eigenvalue weighted by molar-refractivity contribution is 5.98. The van der Waals surface area contributed by atoms with Crippen LogP contribution in [0.2, 0.25) is 0 Å². The Bertz CT molecular complexity index is 1050. The van der Waals surface area contributed by atoms with Gasteiger partial charge in [0.2, 0.25) is 6.79 Å². The molecule has 0 aliphatic carbocycles. The number of cyclic esters (lactones) is 1. The lowest BCUT2D eigenvalue weighted by Gasteiger charge is -2.31. The van der Waals surface area contributed by atoms with Crippen LogP contribution < -0.4 is 14.8 Å². The van der Waals surface area contributed by atoms with E-state index < -0.39 is 55.5 Å². The van der Waals surface area contributed by atoms with Gasteiger partial charge in [-0.25, -0.2) is 9.78 Å². The number of halogens is 3. The van der Waals surface area contributed by atoms with E-state index in [1.165, 1.54) is 19.4 Å². The predicted octanol–water partition coefficient (Wildman–Crippen LogP) is 5.62. The van der Waals surface area contributed by atoms with Gasteiger partial charge in [0, 0.05) is 25.3 Å². The molecule has 244 valence electrons. The molecule has 4 atom stereocenters. The molecule has 0 spiro atoms. The number of ether oxygens (including phenoxy) is 5. The molecule has 1 aromatic heterocycles. The van der Waals surface area contributed by atoms with E-state index in [-0.39, 0.29) is 48.5 Å². The van der Waals surface area contributed by atoms with Gasteiger partial charge < -0.3 is 29.0 Å². The number of amides is 1. The molecule has 4 unspecified atom stereocenters. The second-order valence-electron chi connectivity index (χ2n) is 11.5. The van der Waals surface area contributed by atoms with Crippen LogP contribution in [0.3, 0.4) is 0 Å². The molecule has 1 aromatic rings. The molecule has 43 heavy (non-hydrogen) atoms. The summed E-state index contributed by atoms with van der Waals surface area (Å²) in [4.78, 5) is 42.5. The van der Waals surface area contributed by atoms with E-state index in [0.29, 0.717) is 18.8 Å². The Morgan fingerprint density at radius 2 is 1.91 bits per heavy atom. The Morgan fingerprint density at radius 1 is 1.19 bits per heavy atom. The lowest BCUT2D eigenvalue weighted by Crippen LogP contribution is -2.44. The normalized spacial score (nSPS) is 21.4. The Balaban J connectivity index is 2.18. The zero-order valence-corrected chi connectivity index (χ0v) is 25.8. The van der Waals surface area contributed by atoms with Crippen molar-refractivity contribution in [2.75, 3.05) is 20.5 Å². The van der Waals surface area contributed by atoms with Gasteiger partial charge in [-0.3, -0.25) is 9.59 Å². The fourth-order valence-corrected chi connectivity index (χ4v) is 4.76. The topological polar surface area (TPSA) is 122 Å². The maximum atomic E-state index is 13.3. The standard InChI is InChI=1S/C30H45F3N2O8/c1-18(2)11-12-21-9-7-10-22(29(38)43-20(5)25(21)40-16-8-14-30(31,32)33)35-27(36)24-26(23(39-6)13-15-34-24)41-17-42-28(37)19(3)4/h13,15,18-22,25H,7-12,14,16-17H2,1-6H3,(H,35,36). The minimum atomic E-state index is -4.27. The van der Waals surface area contributed by atoms with E-state index in [9.17, 15) is 27.6 Å². The SMILES string of the molecule is COc1ccnc(C(=O)NC2CCCC(CCC(C)C)C(OCCCC(F)(F)F)C(C)OC2=O)c1OCOC(=O)C(C)C. The zero-order chi connectivity index (χ0) is 32.2. The molecule has 1 amide bonds. The molecule has 1 N–H and O–H groups in total. The van der Waals surface area contributed by atoms with Gasteiger partial charge in [-0.2, -0.15) is 13.2 Å². The average Bonchev–Trinajstić information content (AvgIpc) is 2.97. The van der Waals surface area contributed by atoms with E-state index in [1.54, 1.807) is 20.8 Å². The number of hydrogen-bond acceptors (Lipinski definition) is 9. The van der Waals surface area contributed by atoms with E-state index in [0.717, 1.165) is 12.8 Å². The summed E-state index contributed by atoms with van der Waals surface area (Å²) in [6.07, 6.45) is -2.34. The predicted molar refractivity (Wildman–Crippen MR) is 150 cm³/mol. The zero-order valence-electron chi connectivity index (χ0n) is 25.8. The molecule has 1 aliphatic heterocycles. The van der Waals surface area contributed by atoms with Crippen LogP contribution in [0.25, 0.3) is 0 Å². The highest BCUT2D eigenvalue weighted by atomic mass is 19.4. The Hall–Kier alpha value is -3.09. The highest BCUT2D eigenvalue weighted by Crippen LogP contribution is 2.32. The minimum Gasteiger partial charge on any atom is -0.493 e. The van der Waals surface area contributed by atoms with Crippen molar-refractivity contribution in [3.05, 3.63) is 18.0 Å². The van der Waals surface area contributed by atoms with Crippen molar-refractivity contribution in [2.24, 2.45) is 17.8 Å². The molecule has 0 bridgehead atoms. The van der Waals surface area contributed by atoms with Crippen LogP contribution in [-0.2, 0) is 23.8 Å². The fourth-order valence-electron chi connectivity index (χ4n) is 4.76. The number of carbonyl (C=O) groups is 3. The van der Waals surface area contributed by atoms with Crippen molar-refractivity contribution in [3.8, 4) is 11.5 Å². The number of carbonyl (C=O) groups excluding carboxylic acids is 3. The van der Waals surface area contributed by atoms with Gasteiger partial charge in [0.15, 0.2) is 17.2 Å². The minimum absolute atomic E-state index is 0.0425. The largest absolute Gasteiger partial charge is 0.493 e. The number of pyridine rings is 1. The first kappa shape index (κ1) is 36.1. The number of hydrogen-bond donors (Lipinski definition) is 1. The molecule has 2 rings (SSSR count). The van der Waals surface area contributed by atoms with Crippen LogP contribution in [0.15, 0.2) is 12.3 Å². The molecule has 13 heteroatoms. The van der Waals surface area contributed by atoms with Crippen LogP contribution in [0.5, 0.6) is 11.5 Å². The van der Waals surface area contributed by atoms with E-state index in [2.05, 4.69) is 24.1 Å². The first-order valence-electron chi connectivity index (χ1n) is 14.8. The molecule has 0 aromatic carbocycles. The van der Waals surface area contributed by atoms with Crippen LogP contribution in [0.1, 0.15) is 90.1 Å². The van der Waals surface area contributed by atoms with Gasteiger partial charge >= 0.3 is 18.1 Å². The lowest BCUT2D eigenvalue weighted by atomic mass is 9.86. The van der Waals surface area contributed by atoms with Gasteiger partial charge in [0.25, 0.3) is 5.91 Å². The van der Waals surface area contributed by atoms with E-state index in [1.807, 2.05) is 0 Å². The monoisotopic (exact) mass is 618 g/mol. The number of nitrogens with one attached hydrogen (secondary N) is 1. The third kappa shape index (κ3) is 12.2. The fraction of sp³-hybridized carbons (Fsp3) is 0.733. The van der Waals surface area contributed by atoms with Gasteiger partial charge in [-0.05, 0) is 44.4 Å². The quantitative estimate of drug-likeness (QED) is 0.161. The summed E-state index contributed by atoms with van der Waals surface area (Å²) in [6.45, 7) is 8.57. The van der Waals surface area contributed by atoms with Crippen molar-refractivity contribution in [2.45, 2.75) is 104 Å². The van der Waals surface area contributed by atoms with E-state index in [4.69, 9.17) is 23.7 Å². The number of aromatic nitrogens is 1. The summed E-state index contributed by atoms with van der Waals surface area (Å²) >= 11 is 0. The third-order valence-electron chi connectivity index (χ3n) is 7.10. The second-order valence-corrected chi connectivity index (χ2v) is 11.5. The average molecular weight is 619 g/mol.